The SMILES string of the molecule is CCCCCC1=C(C)C(C2CCCCC2)O[Si]1(CC)CC. The van der Waals surface area contributed by atoms with Gasteiger partial charge in [-0.2, -0.15) is 0 Å². The third kappa shape index (κ3) is 3.64. The van der Waals surface area contributed by atoms with Gasteiger partial charge >= 0.3 is 0 Å². The van der Waals surface area contributed by atoms with Gasteiger partial charge in [0.05, 0.1) is 6.10 Å². The van der Waals surface area contributed by atoms with Gasteiger partial charge in [-0.1, -0.05) is 58.1 Å². The van der Waals surface area contributed by atoms with E-state index in [-0.39, 0.29) is 0 Å². The zero-order chi connectivity index (χ0) is 15.3. The predicted molar refractivity (Wildman–Crippen MR) is 95.0 cm³/mol. The molecular formula is C19H36OSi. The largest absolute Gasteiger partial charge is 0.406 e. The zero-order valence-electron chi connectivity index (χ0n) is 14.8. The molecule has 0 spiro atoms. The van der Waals surface area contributed by atoms with Crippen LogP contribution in [-0.4, -0.2) is 14.4 Å². The molecule has 0 aromatic heterocycles. The normalized spacial score (nSPS) is 26.6. The average molecular weight is 309 g/mol. The first-order chi connectivity index (χ1) is 10.2. The number of unbranched alkanes of at least 4 members (excludes halogenated alkanes) is 2. The molecule has 0 aromatic carbocycles. The minimum atomic E-state index is -1.59. The fourth-order valence-electron chi connectivity index (χ4n) is 4.64. The molecule has 2 aliphatic rings. The van der Waals surface area contributed by atoms with Crippen LogP contribution in [0.3, 0.4) is 0 Å². The Bertz CT molecular complexity index is 351. The van der Waals surface area contributed by atoms with E-state index in [1.54, 1.807) is 5.57 Å². The number of hydrogen-bond donors (Lipinski definition) is 0. The monoisotopic (exact) mass is 308 g/mol. The Hall–Kier alpha value is -0.0831. The number of allylic oxidation sites excluding steroid dienone is 1. The lowest BCUT2D eigenvalue weighted by Gasteiger charge is -2.33. The Morgan fingerprint density at radius 3 is 2.24 bits per heavy atom. The van der Waals surface area contributed by atoms with E-state index in [1.807, 2.05) is 5.20 Å². The molecule has 1 atom stereocenters. The summed E-state index contributed by atoms with van der Waals surface area (Å²) in [5.74, 6) is 0.826. The van der Waals surface area contributed by atoms with E-state index in [4.69, 9.17) is 4.43 Å². The van der Waals surface area contributed by atoms with Crippen molar-refractivity contribution in [3.8, 4) is 0 Å². The maximum absolute atomic E-state index is 6.91. The summed E-state index contributed by atoms with van der Waals surface area (Å²) in [6, 6.07) is 2.57. The molecule has 0 aromatic rings. The van der Waals surface area contributed by atoms with E-state index < -0.39 is 8.32 Å². The van der Waals surface area contributed by atoms with Crippen molar-refractivity contribution in [2.75, 3.05) is 0 Å². The molecule has 1 aliphatic heterocycles. The molecule has 2 rings (SSSR count). The molecule has 1 unspecified atom stereocenters. The third-order valence-electron chi connectivity index (χ3n) is 6.06. The molecule has 1 heterocycles. The van der Waals surface area contributed by atoms with Crippen LogP contribution in [-0.2, 0) is 4.43 Å². The molecule has 0 radical (unpaired) electrons. The second-order valence-electron chi connectivity index (χ2n) is 7.26. The summed E-state index contributed by atoms with van der Waals surface area (Å²) in [6.45, 7) is 9.49. The standard InChI is InChI=1S/C19H36OSi/c1-5-8-10-15-18-16(4)19(17-13-11-9-12-14-17)20-21(18,6-2)7-3/h17,19H,5-15H2,1-4H3. The van der Waals surface area contributed by atoms with Crippen LogP contribution in [0.5, 0.6) is 0 Å². The van der Waals surface area contributed by atoms with E-state index in [0.717, 1.165) is 5.92 Å². The zero-order valence-corrected chi connectivity index (χ0v) is 15.8. The van der Waals surface area contributed by atoms with Crippen LogP contribution in [0.1, 0.15) is 85.5 Å². The van der Waals surface area contributed by atoms with Crippen molar-refractivity contribution in [2.45, 2.75) is 104 Å². The lowest BCUT2D eigenvalue weighted by atomic mass is 9.82. The Labute approximate surface area is 133 Å². The van der Waals surface area contributed by atoms with Crippen LogP contribution < -0.4 is 0 Å². The Kier molecular flexibility index (Phi) is 6.55. The molecule has 0 saturated heterocycles. The Morgan fingerprint density at radius 1 is 1.00 bits per heavy atom. The maximum Gasteiger partial charge on any atom is 0.220 e. The maximum atomic E-state index is 6.91. The van der Waals surface area contributed by atoms with E-state index in [1.165, 1.54) is 69.9 Å². The highest BCUT2D eigenvalue weighted by atomic mass is 28.4. The molecule has 0 N–H and O–H groups in total. The quantitative estimate of drug-likeness (QED) is 0.391. The topological polar surface area (TPSA) is 9.23 Å². The summed E-state index contributed by atoms with van der Waals surface area (Å²) in [5, 5.41) is 1.82. The molecule has 0 amide bonds. The first-order valence-electron chi connectivity index (χ1n) is 9.56. The van der Waals surface area contributed by atoms with Crippen LogP contribution in [0, 0.1) is 5.92 Å². The predicted octanol–water partition coefficient (Wildman–Crippen LogP) is 6.39. The van der Waals surface area contributed by atoms with Crippen molar-refractivity contribution in [3.05, 3.63) is 10.8 Å². The van der Waals surface area contributed by atoms with Crippen molar-refractivity contribution in [1.29, 1.82) is 0 Å². The van der Waals surface area contributed by atoms with Gasteiger partial charge in [0.1, 0.15) is 0 Å². The van der Waals surface area contributed by atoms with Gasteiger partial charge in [-0.05, 0) is 56.2 Å². The smallest absolute Gasteiger partial charge is 0.220 e. The molecule has 1 fully saturated rings. The van der Waals surface area contributed by atoms with Gasteiger partial charge in [-0.3, -0.25) is 0 Å². The molecule has 21 heavy (non-hydrogen) atoms. The van der Waals surface area contributed by atoms with Gasteiger partial charge in [0.2, 0.25) is 8.32 Å². The van der Waals surface area contributed by atoms with Gasteiger partial charge < -0.3 is 4.43 Å². The summed E-state index contributed by atoms with van der Waals surface area (Å²) in [7, 11) is -1.59. The fourth-order valence-corrected chi connectivity index (χ4v) is 8.82. The molecule has 1 saturated carbocycles. The van der Waals surface area contributed by atoms with Crippen molar-refractivity contribution >= 4 is 8.32 Å². The highest BCUT2D eigenvalue weighted by Gasteiger charge is 2.47. The van der Waals surface area contributed by atoms with Gasteiger partial charge in [-0.25, -0.2) is 0 Å². The van der Waals surface area contributed by atoms with Crippen molar-refractivity contribution in [1.82, 2.24) is 0 Å². The van der Waals surface area contributed by atoms with Gasteiger partial charge in [0.25, 0.3) is 0 Å². The van der Waals surface area contributed by atoms with Gasteiger partial charge in [0.15, 0.2) is 0 Å². The first-order valence-corrected chi connectivity index (χ1v) is 11.9. The summed E-state index contributed by atoms with van der Waals surface area (Å²) in [5.41, 5.74) is 1.67. The number of hydrogen-bond acceptors (Lipinski definition) is 1. The van der Waals surface area contributed by atoms with Crippen molar-refractivity contribution < 1.29 is 4.43 Å². The molecule has 2 heteroatoms. The summed E-state index contributed by atoms with van der Waals surface area (Å²) >= 11 is 0. The second kappa shape index (κ2) is 7.96. The van der Waals surface area contributed by atoms with E-state index in [0.29, 0.717) is 6.10 Å². The molecule has 1 aliphatic carbocycles. The van der Waals surface area contributed by atoms with Crippen molar-refractivity contribution in [2.24, 2.45) is 5.92 Å². The lowest BCUT2D eigenvalue weighted by molar-refractivity contribution is 0.139. The minimum absolute atomic E-state index is 0.494. The van der Waals surface area contributed by atoms with Crippen LogP contribution in [0.25, 0.3) is 0 Å². The average Bonchev–Trinajstić information content (AvgIpc) is 2.82. The molecule has 0 bridgehead atoms. The van der Waals surface area contributed by atoms with Gasteiger partial charge in [0, 0.05) is 0 Å². The van der Waals surface area contributed by atoms with Crippen LogP contribution >= 0.6 is 0 Å². The van der Waals surface area contributed by atoms with E-state index in [9.17, 15) is 0 Å². The van der Waals surface area contributed by atoms with Crippen molar-refractivity contribution in [3.63, 3.8) is 0 Å². The highest BCUT2D eigenvalue weighted by Crippen LogP contribution is 2.45. The van der Waals surface area contributed by atoms with E-state index in [2.05, 4.69) is 27.7 Å². The van der Waals surface area contributed by atoms with Crippen LogP contribution in [0.2, 0.25) is 12.1 Å². The second-order valence-corrected chi connectivity index (χ2v) is 11.5. The van der Waals surface area contributed by atoms with Gasteiger partial charge in [-0.15, -0.1) is 0 Å². The Morgan fingerprint density at radius 2 is 1.67 bits per heavy atom. The molecule has 1 nitrogen and oxygen atoms in total. The summed E-state index contributed by atoms with van der Waals surface area (Å²) in [4.78, 5) is 0. The lowest BCUT2D eigenvalue weighted by Crippen LogP contribution is -2.39. The first kappa shape index (κ1) is 17.3. The molecular weight excluding hydrogens is 272 g/mol. The highest BCUT2D eigenvalue weighted by molar-refractivity contribution is 6.81. The summed E-state index contributed by atoms with van der Waals surface area (Å²) < 4.78 is 6.91. The van der Waals surface area contributed by atoms with Crippen LogP contribution in [0.4, 0.5) is 0 Å². The minimum Gasteiger partial charge on any atom is -0.406 e. The Balaban J connectivity index is 2.16. The van der Waals surface area contributed by atoms with E-state index >= 15 is 0 Å². The number of rotatable bonds is 7. The summed E-state index contributed by atoms with van der Waals surface area (Å²) in [6.07, 6.45) is 13.0. The third-order valence-corrected chi connectivity index (χ3v) is 10.8. The van der Waals surface area contributed by atoms with Crippen LogP contribution in [0.15, 0.2) is 10.8 Å². The fraction of sp³-hybridized carbons (Fsp3) is 0.895. The molecule has 122 valence electrons.